The molecule has 24 heavy (non-hydrogen) atoms. The van der Waals surface area contributed by atoms with Gasteiger partial charge in [-0.15, -0.1) is 0 Å². The number of ether oxygens (including phenoxy) is 1. The summed E-state index contributed by atoms with van der Waals surface area (Å²) in [5.41, 5.74) is 7.28. The Morgan fingerprint density at radius 2 is 2.17 bits per heavy atom. The van der Waals surface area contributed by atoms with Crippen LogP contribution in [0.4, 0.5) is 0 Å². The maximum Gasteiger partial charge on any atom is 0.218 e. The van der Waals surface area contributed by atoms with E-state index >= 15 is 0 Å². The summed E-state index contributed by atoms with van der Waals surface area (Å²) in [6.07, 6.45) is 2.87. The van der Waals surface area contributed by atoms with E-state index in [0.717, 1.165) is 23.4 Å². The number of amides is 1. The van der Waals surface area contributed by atoms with Gasteiger partial charge in [0.25, 0.3) is 0 Å². The van der Waals surface area contributed by atoms with Crippen LogP contribution >= 0.6 is 11.6 Å². The van der Waals surface area contributed by atoms with Gasteiger partial charge in [-0.2, -0.15) is 0 Å². The quantitative estimate of drug-likeness (QED) is 0.874. The van der Waals surface area contributed by atoms with Crippen molar-refractivity contribution in [1.82, 2.24) is 9.88 Å². The smallest absolute Gasteiger partial charge is 0.218 e. The summed E-state index contributed by atoms with van der Waals surface area (Å²) in [6, 6.07) is 11.8. The molecule has 5 nitrogen and oxygen atoms in total. The second-order valence-corrected chi connectivity index (χ2v) is 6.22. The average Bonchev–Trinajstić information content (AvgIpc) is 2.59. The molecule has 0 saturated carbocycles. The fraction of sp³-hybridized carbons (Fsp3) is 0.333. The number of halogens is 1. The Morgan fingerprint density at radius 3 is 2.96 bits per heavy atom. The second-order valence-electron chi connectivity index (χ2n) is 5.81. The normalized spacial score (nSPS) is 16.5. The number of hydrogen-bond acceptors (Lipinski definition) is 4. The van der Waals surface area contributed by atoms with Gasteiger partial charge < -0.3 is 10.5 Å². The molecule has 2 N–H and O–H groups in total. The van der Waals surface area contributed by atoms with Gasteiger partial charge in [0, 0.05) is 43.7 Å². The summed E-state index contributed by atoms with van der Waals surface area (Å²) >= 11 is 6.26. The van der Waals surface area contributed by atoms with E-state index in [1.54, 1.807) is 6.20 Å². The molecule has 0 spiro atoms. The highest BCUT2D eigenvalue weighted by atomic mass is 35.5. The van der Waals surface area contributed by atoms with Crippen LogP contribution in [0, 0.1) is 0 Å². The molecule has 0 aliphatic carbocycles. The van der Waals surface area contributed by atoms with Gasteiger partial charge >= 0.3 is 0 Å². The molecule has 1 aliphatic rings. The molecular weight excluding hydrogens is 326 g/mol. The summed E-state index contributed by atoms with van der Waals surface area (Å²) in [7, 11) is 0. The van der Waals surface area contributed by atoms with E-state index in [0.29, 0.717) is 31.1 Å². The maximum absolute atomic E-state index is 11.3. The average molecular weight is 346 g/mol. The van der Waals surface area contributed by atoms with Crippen LogP contribution in [0.25, 0.3) is 0 Å². The predicted molar refractivity (Wildman–Crippen MR) is 92.8 cm³/mol. The topological polar surface area (TPSA) is 68.5 Å². The zero-order chi connectivity index (χ0) is 16.9. The van der Waals surface area contributed by atoms with Crippen molar-refractivity contribution in [2.45, 2.75) is 25.4 Å². The Hall–Kier alpha value is -2.11. The predicted octanol–water partition coefficient (Wildman–Crippen LogP) is 2.94. The van der Waals surface area contributed by atoms with Crippen molar-refractivity contribution in [3.8, 4) is 5.75 Å². The minimum Gasteiger partial charge on any atom is -0.493 e. The molecule has 1 aromatic heterocycles. The molecule has 126 valence electrons. The van der Waals surface area contributed by atoms with Crippen LogP contribution in [-0.4, -0.2) is 28.9 Å². The molecule has 0 bridgehead atoms. The number of benzene rings is 1. The first-order valence-corrected chi connectivity index (χ1v) is 8.36. The SMILES string of the molecule is NC(=O)CCN(Cc1ncccc1Cl)C1CCOc2ccccc21. The summed E-state index contributed by atoms with van der Waals surface area (Å²) < 4.78 is 5.74. The van der Waals surface area contributed by atoms with E-state index in [-0.39, 0.29) is 11.9 Å². The number of pyridine rings is 1. The van der Waals surface area contributed by atoms with Gasteiger partial charge in [-0.05, 0) is 18.2 Å². The van der Waals surface area contributed by atoms with Crippen molar-refractivity contribution in [2.75, 3.05) is 13.2 Å². The molecule has 6 heteroatoms. The summed E-state index contributed by atoms with van der Waals surface area (Å²) in [5, 5.41) is 0.627. The number of primary amides is 1. The van der Waals surface area contributed by atoms with Gasteiger partial charge in [0.1, 0.15) is 5.75 Å². The fourth-order valence-electron chi connectivity index (χ4n) is 3.03. The molecule has 0 fully saturated rings. The molecular formula is C18H20ClN3O2. The van der Waals surface area contributed by atoms with Gasteiger partial charge in [0.05, 0.1) is 17.3 Å². The standard InChI is InChI=1S/C18H20ClN3O2/c19-14-5-3-9-21-15(14)12-22(10-7-18(20)23)16-8-11-24-17-6-2-1-4-13(16)17/h1-6,9,16H,7-8,10-12H2,(H2,20,23). The zero-order valence-corrected chi connectivity index (χ0v) is 14.1. The van der Waals surface area contributed by atoms with Gasteiger partial charge in [-0.3, -0.25) is 14.7 Å². The lowest BCUT2D eigenvalue weighted by Gasteiger charge is -2.35. The third kappa shape index (κ3) is 3.86. The van der Waals surface area contributed by atoms with Crippen LogP contribution in [-0.2, 0) is 11.3 Å². The number of hydrogen-bond donors (Lipinski definition) is 1. The van der Waals surface area contributed by atoms with E-state index in [2.05, 4.69) is 16.0 Å². The number of carbonyl (C=O) groups excluding carboxylic acids is 1. The number of carbonyl (C=O) groups is 1. The van der Waals surface area contributed by atoms with Crippen molar-refractivity contribution in [3.05, 3.63) is 58.9 Å². The van der Waals surface area contributed by atoms with Crippen LogP contribution in [0.2, 0.25) is 5.02 Å². The largest absolute Gasteiger partial charge is 0.493 e. The maximum atomic E-state index is 11.3. The van der Waals surface area contributed by atoms with Gasteiger partial charge in [0.15, 0.2) is 0 Å². The summed E-state index contributed by atoms with van der Waals surface area (Å²) in [5.74, 6) is 0.581. The van der Waals surface area contributed by atoms with Gasteiger partial charge in [-0.25, -0.2) is 0 Å². The van der Waals surface area contributed by atoms with Crippen molar-refractivity contribution in [2.24, 2.45) is 5.73 Å². The molecule has 1 unspecified atom stereocenters. The number of aromatic nitrogens is 1. The Kier molecular flexibility index (Phi) is 5.33. The lowest BCUT2D eigenvalue weighted by atomic mass is 9.98. The Morgan fingerprint density at radius 1 is 1.33 bits per heavy atom. The molecule has 0 radical (unpaired) electrons. The molecule has 1 atom stereocenters. The molecule has 1 amide bonds. The molecule has 2 aromatic rings. The number of nitrogens with two attached hydrogens (primary N) is 1. The molecule has 1 aliphatic heterocycles. The highest BCUT2D eigenvalue weighted by molar-refractivity contribution is 6.31. The van der Waals surface area contributed by atoms with Crippen molar-refractivity contribution >= 4 is 17.5 Å². The number of para-hydroxylation sites is 1. The molecule has 0 saturated heterocycles. The first kappa shape index (κ1) is 16.7. The van der Waals surface area contributed by atoms with Crippen LogP contribution in [0.15, 0.2) is 42.6 Å². The van der Waals surface area contributed by atoms with E-state index < -0.39 is 0 Å². The lowest BCUT2D eigenvalue weighted by Crippen LogP contribution is -2.35. The monoisotopic (exact) mass is 345 g/mol. The first-order chi connectivity index (χ1) is 11.6. The van der Waals surface area contributed by atoms with E-state index in [4.69, 9.17) is 22.1 Å². The van der Waals surface area contributed by atoms with E-state index in [1.165, 1.54) is 0 Å². The minimum atomic E-state index is -0.313. The highest BCUT2D eigenvalue weighted by Crippen LogP contribution is 2.36. The van der Waals surface area contributed by atoms with Gasteiger partial charge in [-0.1, -0.05) is 29.8 Å². The van der Waals surface area contributed by atoms with Gasteiger partial charge in [0.2, 0.25) is 5.91 Å². The molecule has 3 rings (SSSR count). The van der Waals surface area contributed by atoms with Crippen molar-refractivity contribution in [3.63, 3.8) is 0 Å². The minimum absolute atomic E-state index is 0.146. The lowest BCUT2D eigenvalue weighted by molar-refractivity contribution is -0.118. The van der Waals surface area contributed by atoms with Crippen LogP contribution in [0.1, 0.15) is 30.1 Å². The zero-order valence-electron chi connectivity index (χ0n) is 13.3. The molecule has 2 heterocycles. The summed E-state index contributed by atoms with van der Waals surface area (Å²) in [4.78, 5) is 17.9. The number of nitrogens with zero attached hydrogens (tertiary/aromatic N) is 2. The number of fused-ring (bicyclic) bond motifs is 1. The summed E-state index contributed by atoms with van der Waals surface area (Å²) in [6.45, 7) is 1.76. The van der Waals surface area contributed by atoms with E-state index in [1.807, 2.05) is 30.3 Å². The third-order valence-electron chi connectivity index (χ3n) is 4.20. The fourth-order valence-corrected chi connectivity index (χ4v) is 3.21. The van der Waals surface area contributed by atoms with Crippen molar-refractivity contribution < 1.29 is 9.53 Å². The Labute approximate surface area is 146 Å². The van der Waals surface area contributed by atoms with Crippen LogP contribution in [0.3, 0.4) is 0 Å². The number of rotatable bonds is 6. The Bertz CT molecular complexity index is 723. The molecule has 1 aromatic carbocycles. The second kappa shape index (κ2) is 7.64. The van der Waals surface area contributed by atoms with Crippen molar-refractivity contribution in [1.29, 1.82) is 0 Å². The Balaban J connectivity index is 1.88. The van der Waals surface area contributed by atoms with E-state index in [9.17, 15) is 4.79 Å². The van der Waals surface area contributed by atoms with Crippen LogP contribution < -0.4 is 10.5 Å². The van der Waals surface area contributed by atoms with Crippen LogP contribution in [0.5, 0.6) is 5.75 Å². The highest BCUT2D eigenvalue weighted by Gasteiger charge is 2.27. The first-order valence-electron chi connectivity index (χ1n) is 7.98. The third-order valence-corrected chi connectivity index (χ3v) is 4.54.